The first-order valence-electron chi connectivity index (χ1n) is 9.70. The van der Waals surface area contributed by atoms with Crippen LogP contribution in [0.1, 0.15) is 54.3 Å². The van der Waals surface area contributed by atoms with E-state index >= 15 is 0 Å². The zero-order valence-electron chi connectivity index (χ0n) is 16.3. The van der Waals surface area contributed by atoms with Gasteiger partial charge in [0.1, 0.15) is 5.82 Å². The van der Waals surface area contributed by atoms with Crippen molar-refractivity contribution >= 4 is 34.3 Å². The van der Waals surface area contributed by atoms with Crippen molar-refractivity contribution in [3.8, 4) is 0 Å². The maximum absolute atomic E-state index is 12.6. The lowest BCUT2D eigenvalue weighted by molar-refractivity contribution is -0.117. The smallest absolute Gasteiger partial charge is 0.252 e. The molecule has 146 valence electrons. The molecule has 3 atom stereocenters. The summed E-state index contributed by atoms with van der Waals surface area (Å²) in [5, 5.41) is 3.06. The van der Waals surface area contributed by atoms with Crippen LogP contribution in [0.5, 0.6) is 0 Å². The highest BCUT2D eigenvalue weighted by molar-refractivity contribution is 6.67. The van der Waals surface area contributed by atoms with Crippen LogP contribution in [0.4, 0.5) is 11.5 Å². The standard InChI is InChI=1S/C22H24ClN3O2/c1-12-5-4-6-19(24-12)25-20-13(2)21(15-7-8-15)26(14(3)27)18-10-9-16(22(23)28)11-17(18)20/h4-6,9-11,13,15,20-21H,7-8H2,1-3H3,(H,24,25)/t13-,20?,21?/m1/s1. The van der Waals surface area contributed by atoms with E-state index in [1.807, 2.05) is 42.2 Å². The number of hydrogen-bond donors (Lipinski definition) is 1. The van der Waals surface area contributed by atoms with Crippen molar-refractivity contribution in [1.29, 1.82) is 0 Å². The van der Waals surface area contributed by atoms with Crippen LogP contribution < -0.4 is 10.2 Å². The average molecular weight is 398 g/mol. The molecule has 0 radical (unpaired) electrons. The van der Waals surface area contributed by atoms with E-state index in [0.717, 1.165) is 35.6 Å². The molecule has 1 fully saturated rings. The Morgan fingerprint density at radius 3 is 2.57 bits per heavy atom. The molecule has 2 aromatic rings. The van der Waals surface area contributed by atoms with Gasteiger partial charge in [0.15, 0.2) is 0 Å². The zero-order chi connectivity index (χ0) is 20.0. The molecule has 28 heavy (non-hydrogen) atoms. The monoisotopic (exact) mass is 397 g/mol. The Bertz CT molecular complexity index is 941. The van der Waals surface area contributed by atoms with Gasteiger partial charge in [0, 0.05) is 35.8 Å². The highest BCUT2D eigenvalue weighted by Crippen LogP contribution is 2.50. The van der Waals surface area contributed by atoms with Crippen molar-refractivity contribution in [1.82, 2.24) is 4.98 Å². The van der Waals surface area contributed by atoms with Crippen molar-refractivity contribution in [2.45, 2.75) is 45.7 Å². The molecule has 2 unspecified atom stereocenters. The summed E-state index contributed by atoms with van der Waals surface area (Å²) in [5.41, 5.74) is 3.14. The minimum absolute atomic E-state index is 0.0297. The Morgan fingerprint density at radius 1 is 1.21 bits per heavy atom. The number of pyridine rings is 1. The van der Waals surface area contributed by atoms with Gasteiger partial charge in [-0.15, -0.1) is 0 Å². The number of nitrogens with zero attached hydrogens (tertiary/aromatic N) is 2. The maximum Gasteiger partial charge on any atom is 0.252 e. The third kappa shape index (κ3) is 3.39. The van der Waals surface area contributed by atoms with E-state index < -0.39 is 5.24 Å². The van der Waals surface area contributed by atoms with Crippen molar-refractivity contribution in [3.63, 3.8) is 0 Å². The summed E-state index contributed by atoms with van der Waals surface area (Å²) in [5.74, 6) is 1.49. The van der Waals surface area contributed by atoms with Crippen LogP contribution in [0.25, 0.3) is 0 Å². The van der Waals surface area contributed by atoms with Crippen LogP contribution in [0.2, 0.25) is 0 Å². The van der Waals surface area contributed by atoms with Gasteiger partial charge >= 0.3 is 0 Å². The molecule has 1 amide bonds. The Kier molecular flexibility index (Phi) is 4.88. The normalized spacial score (nSPS) is 23.9. The Morgan fingerprint density at radius 2 is 1.96 bits per heavy atom. The highest BCUT2D eigenvalue weighted by atomic mass is 35.5. The molecular formula is C22H24ClN3O2. The molecule has 1 aliphatic heterocycles. The summed E-state index contributed by atoms with van der Waals surface area (Å²) in [6.07, 6.45) is 2.28. The molecule has 4 rings (SSSR count). The number of amides is 1. The van der Waals surface area contributed by atoms with E-state index in [1.54, 1.807) is 13.0 Å². The lowest BCUT2D eigenvalue weighted by Crippen LogP contribution is -2.51. The largest absolute Gasteiger partial charge is 0.363 e. The second-order valence-corrected chi connectivity index (χ2v) is 8.25. The number of carbonyl (C=O) groups is 2. The molecule has 6 heteroatoms. The summed E-state index contributed by atoms with van der Waals surface area (Å²) in [4.78, 5) is 30.9. The summed E-state index contributed by atoms with van der Waals surface area (Å²) in [6, 6.07) is 11.3. The number of fused-ring (bicyclic) bond motifs is 1. The predicted octanol–water partition coefficient (Wildman–Crippen LogP) is 4.70. The summed E-state index contributed by atoms with van der Waals surface area (Å²) in [7, 11) is 0. The number of hydrogen-bond acceptors (Lipinski definition) is 4. The SMILES string of the molecule is CC(=O)N1c2ccc(C(=O)Cl)cc2C(Nc2cccc(C)n2)[C@@H](C)C1C1CC1. The molecule has 5 nitrogen and oxygen atoms in total. The summed E-state index contributed by atoms with van der Waals surface area (Å²) < 4.78 is 0. The van der Waals surface area contributed by atoms with Gasteiger partial charge in [-0.1, -0.05) is 13.0 Å². The third-order valence-corrected chi connectivity index (χ3v) is 6.07. The van der Waals surface area contributed by atoms with Gasteiger partial charge in [0.05, 0.1) is 6.04 Å². The second-order valence-electron chi connectivity index (χ2n) is 7.91. The predicted molar refractivity (Wildman–Crippen MR) is 111 cm³/mol. The van der Waals surface area contributed by atoms with Gasteiger partial charge in [0.25, 0.3) is 5.24 Å². The van der Waals surface area contributed by atoms with Crippen LogP contribution in [-0.4, -0.2) is 22.2 Å². The molecule has 1 aromatic carbocycles. The van der Waals surface area contributed by atoms with Gasteiger partial charge in [0.2, 0.25) is 5.91 Å². The molecule has 1 aliphatic carbocycles. The topological polar surface area (TPSA) is 62.3 Å². The van der Waals surface area contributed by atoms with E-state index in [9.17, 15) is 9.59 Å². The zero-order valence-corrected chi connectivity index (χ0v) is 17.0. The Balaban J connectivity index is 1.83. The van der Waals surface area contributed by atoms with Crippen LogP contribution in [0, 0.1) is 18.8 Å². The minimum Gasteiger partial charge on any atom is -0.363 e. The minimum atomic E-state index is -0.499. The fraction of sp³-hybridized carbons (Fsp3) is 0.409. The van der Waals surface area contributed by atoms with Gasteiger partial charge in [-0.2, -0.15) is 0 Å². The van der Waals surface area contributed by atoms with Crippen molar-refractivity contribution in [3.05, 3.63) is 53.2 Å². The van der Waals surface area contributed by atoms with Crippen LogP contribution in [0.3, 0.4) is 0 Å². The molecule has 1 aromatic heterocycles. The number of carbonyl (C=O) groups excluding carboxylic acids is 2. The number of halogens is 1. The molecule has 1 saturated carbocycles. The number of nitrogens with one attached hydrogen (secondary N) is 1. The number of aromatic nitrogens is 1. The molecule has 0 spiro atoms. The van der Waals surface area contributed by atoms with Crippen LogP contribution in [0.15, 0.2) is 36.4 Å². The van der Waals surface area contributed by atoms with Crippen molar-refractivity contribution in [2.75, 3.05) is 10.2 Å². The fourth-order valence-corrected chi connectivity index (χ4v) is 4.59. The van der Waals surface area contributed by atoms with Crippen molar-refractivity contribution in [2.24, 2.45) is 11.8 Å². The molecule has 0 bridgehead atoms. The molecule has 2 aliphatic rings. The lowest BCUT2D eigenvalue weighted by atomic mass is 9.79. The molecule has 0 saturated heterocycles. The maximum atomic E-state index is 12.6. The van der Waals surface area contributed by atoms with Crippen molar-refractivity contribution < 1.29 is 9.59 Å². The number of aryl methyl sites for hydroxylation is 1. The van der Waals surface area contributed by atoms with E-state index in [1.165, 1.54) is 0 Å². The molecular weight excluding hydrogens is 374 g/mol. The first-order chi connectivity index (χ1) is 13.4. The Labute approximate surface area is 170 Å². The second kappa shape index (κ2) is 7.21. The lowest BCUT2D eigenvalue weighted by Gasteiger charge is -2.46. The number of benzene rings is 1. The Hall–Kier alpha value is -2.40. The fourth-order valence-electron chi connectivity index (χ4n) is 4.47. The average Bonchev–Trinajstić information content (AvgIpc) is 3.47. The first-order valence-corrected chi connectivity index (χ1v) is 10.1. The van der Waals surface area contributed by atoms with Crippen LogP contribution in [-0.2, 0) is 4.79 Å². The quantitative estimate of drug-likeness (QED) is 0.759. The summed E-state index contributed by atoms with van der Waals surface area (Å²) in [6.45, 7) is 5.74. The molecule has 1 N–H and O–H groups in total. The van der Waals surface area contributed by atoms with E-state index in [2.05, 4.69) is 17.2 Å². The van der Waals surface area contributed by atoms with E-state index in [0.29, 0.717) is 11.5 Å². The van der Waals surface area contributed by atoms with Gasteiger partial charge in [-0.25, -0.2) is 4.98 Å². The summed E-state index contributed by atoms with van der Waals surface area (Å²) >= 11 is 5.75. The van der Waals surface area contributed by atoms with Crippen LogP contribution >= 0.6 is 11.6 Å². The van der Waals surface area contributed by atoms with E-state index in [-0.39, 0.29) is 23.9 Å². The van der Waals surface area contributed by atoms with Gasteiger partial charge in [-0.05, 0) is 73.2 Å². The van der Waals surface area contributed by atoms with Gasteiger partial charge < -0.3 is 10.2 Å². The first kappa shape index (κ1) is 18.9. The number of anilines is 2. The number of rotatable bonds is 4. The van der Waals surface area contributed by atoms with E-state index in [4.69, 9.17) is 11.6 Å². The third-order valence-electron chi connectivity index (χ3n) is 5.85. The molecule has 2 heterocycles. The van der Waals surface area contributed by atoms with Gasteiger partial charge in [-0.3, -0.25) is 9.59 Å². The highest BCUT2D eigenvalue weighted by Gasteiger charge is 2.47.